The molecule has 2 aromatic heterocycles. The second-order valence-corrected chi connectivity index (χ2v) is 7.49. The van der Waals surface area contributed by atoms with Crippen LogP contribution in [0.2, 0.25) is 0 Å². The second kappa shape index (κ2) is 6.34. The fraction of sp³-hybridized carbons (Fsp3) is 0.450. The number of nitrogens with zero attached hydrogens (tertiary/aromatic N) is 4. The molecule has 0 aliphatic heterocycles. The Labute approximate surface area is 151 Å². The molecule has 2 heterocycles. The van der Waals surface area contributed by atoms with Crippen molar-refractivity contribution in [3.8, 4) is 0 Å². The van der Waals surface area contributed by atoms with Crippen molar-refractivity contribution in [1.29, 1.82) is 0 Å². The number of fused-ring (bicyclic) bond motifs is 1. The first-order valence-corrected chi connectivity index (χ1v) is 9.53. The van der Waals surface area contributed by atoms with Crippen molar-refractivity contribution >= 4 is 22.8 Å². The minimum Gasteiger partial charge on any atom is -0.323 e. The van der Waals surface area contributed by atoms with E-state index in [-0.39, 0.29) is 5.82 Å². The highest BCUT2D eigenvalue weighted by molar-refractivity contribution is 5.75. The summed E-state index contributed by atoms with van der Waals surface area (Å²) in [6.07, 6.45) is 9.97. The summed E-state index contributed by atoms with van der Waals surface area (Å²) in [5.74, 6) is 2.02. The van der Waals surface area contributed by atoms with Gasteiger partial charge in [-0.05, 0) is 43.7 Å². The third kappa shape index (κ3) is 2.93. The first-order chi connectivity index (χ1) is 12.8. The van der Waals surface area contributed by atoms with Crippen molar-refractivity contribution in [2.45, 2.75) is 51.0 Å². The number of benzene rings is 1. The van der Waals surface area contributed by atoms with Crippen LogP contribution in [0.5, 0.6) is 0 Å². The van der Waals surface area contributed by atoms with Crippen LogP contribution in [0.15, 0.2) is 30.5 Å². The summed E-state index contributed by atoms with van der Waals surface area (Å²) in [5, 5.41) is 3.19. The van der Waals surface area contributed by atoms with Gasteiger partial charge in [-0.25, -0.2) is 19.3 Å². The van der Waals surface area contributed by atoms with Gasteiger partial charge in [0.1, 0.15) is 17.2 Å². The Balaban J connectivity index is 1.59. The molecule has 2 aliphatic carbocycles. The number of nitrogens with one attached hydrogen (secondary N) is 1. The zero-order chi connectivity index (χ0) is 17.5. The van der Waals surface area contributed by atoms with E-state index in [1.165, 1.54) is 31.7 Å². The van der Waals surface area contributed by atoms with E-state index in [1.807, 2.05) is 12.3 Å². The van der Waals surface area contributed by atoms with E-state index >= 15 is 0 Å². The normalized spacial score (nSPS) is 17.9. The van der Waals surface area contributed by atoms with Crippen molar-refractivity contribution in [3.05, 3.63) is 42.1 Å². The van der Waals surface area contributed by atoms with Crippen LogP contribution in [0, 0.1) is 11.7 Å². The van der Waals surface area contributed by atoms with Crippen LogP contribution in [0.1, 0.15) is 50.4 Å². The largest absolute Gasteiger partial charge is 0.323 e. The van der Waals surface area contributed by atoms with Crippen LogP contribution in [0.4, 0.5) is 16.0 Å². The van der Waals surface area contributed by atoms with E-state index in [0.29, 0.717) is 17.7 Å². The second-order valence-electron chi connectivity index (χ2n) is 7.49. The van der Waals surface area contributed by atoms with E-state index in [4.69, 9.17) is 4.98 Å². The van der Waals surface area contributed by atoms with Crippen LogP contribution in [0.25, 0.3) is 11.2 Å². The van der Waals surface area contributed by atoms with Gasteiger partial charge in [0.2, 0.25) is 5.95 Å². The fourth-order valence-electron chi connectivity index (χ4n) is 3.88. The molecule has 2 fully saturated rings. The van der Waals surface area contributed by atoms with Gasteiger partial charge in [-0.2, -0.15) is 0 Å². The molecule has 0 amide bonds. The Bertz CT molecular complexity index is 941. The number of rotatable bonds is 5. The third-order valence-corrected chi connectivity index (χ3v) is 5.46. The Morgan fingerprint density at radius 1 is 1.08 bits per heavy atom. The molecule has 0 unspecified atom stereocenters. The number of para-hydroxylation sites is 1. The van der Waals surface area contributed by atoms with Crippen LogP contribution in [0.3, 0.4) is 0 Å². The molecular formula is C20H22FN5. The summed E-state index contributed by atoms with van der Waals surface area (Å²) < 4.78 is 16.3. The third-order valence-electron chi connectivity index (χ3n) is 5.46. The fourth-order valence-corrected chi connectivity index (χ4v) is 3.88. The summed E-state index contributed by atoms with van der Waals surface area (Å²) in [7, 11) is 0. The monoisotopic (exact) mass is 351 g/mol. The molecule has 1 aromatic carbocycles. The molecule has 134 valence electrons. The summed E-state index contributed by atoms with van der Waals surface area (Å²) >= 11 is 0. The van der Waals surface area contributed by atoms with Gasteiger partial charge in [0, 0.05) is 12.5 Å². The minimum absolute atomic E-state index is 0.280. The van der Waals surface area contributed by atoms with Crippen molar-refractivity contribution in [3.63, 3.8) is 0 Å². The highest BCUT2D eigenvalue weighted by atomic mass is 19.1. The molecule has 0 saturated heterocycles. The van der Waals surface area contributed by atoms with Crippen LogP contribution >= 0.6 is 0 Å². The average molecular weight is 351 g/mol. The maximum absolute atomic E-state index is 14.1. The Kier molecular flexibility index (Phi) is 3.84. The van der Waals surface area contributed by atoms with Gasteiger partial charge in [-0.1, -0.05) is 25.0 Å². The van der Waals surface area contributed by atoms with E-state index in [2.05, 4.69) is 19.9 Å². The predicted octanol–water partition coefficient (Wildman–Crippen LogP) is 4.78. The number of halogens is 1. The van der Waals surface area contributed by atoms with Crippen molar-refractivity contribution < 1.29 is 4.39 Å². The maximum Gasteiger partial charge on any atom is 0.210 e. The molecule has 2 aliphatic rings. The Morgan fingerprint density at radius 3 is 2.65 bits per heavy atom. The van der Waals surface area contributed by atoms with Crippen LogP contribution in [-0.2, 0) is 6.42 Å². The minimum atomic E-state index is -0.280. The lowest BCUT2D eigenvalue weighted by Gasteiger charge is -2.16. The lowest BCUT2D eigenvalue weighted by Crippen LogP contribution is -2.10. The van der Waals surface area contributed by atoms with Gasteiger partial charge >= 0.3 is 0 Å². The molecule has 0 spiro atoms. The molecule has 3 aromatic rings. The summed E-state index contributed by atoms with van der Waals surface area (Å²) in [4.78, 5) is 14.0. The topological polar surface area (TPSA) is 55.6 Å². The van der Waals surface area contributed by atoms with Gasteiger partial charge in [0.25, 0.3) is 0 Å². The molecule has 0 atom stereocenters. The standard InChI is InChI=1S/C20H22FN5/c21-15-7-3-4-8-16(15)23-20-24-17-12-22-18(11-13-9-10-13)25-19(17)26(20)14-5-1-2-6-14/h3-4,7-8,12-14H,1-2,5-6,9-11H2,(H,23,24). The van der Waals surface area contributed by atoms with Crippen molar-refractivity contribution in [1.82, 2.24) is 19.5 Å². The van der Waals surface area contributed by atoms with Crippen LogP contribution in [-0.4, -0.2) is 19.5 Å². The smallest absolute Gasteiger partial charge is 0.210 e. The van der Waals surface area contributed by atoms with Gasteiger partial charge in [0.15, 0.2) is 5.65 Å². The van der Waals surface area contributed by atoms with E-state index in [1.54, 1.807) is 12.1 Å². The first-order valence-electron chi connectivity index (χ1n) is 9.53. The molecule has 0 radical (unpaired) electrons. The predicted molar refractivity (Wildman–Crippen MR) is 98.9 cm³/mol. The summed E-state index contributed by atoms with van der Waals surface area (Å²) in [6, 6.07) is 7.06. The van der Waals surface area contributed by atoms with Gasteiger partial charge in [0.05, 0.1) is 11.9 Å². The lowest BCUT2D eigenvalue weighted by atomic mass is 10.2. The van der Waals surface area contributed by atoms with Gasteiger partial charge in [-0.15, -0.1) is 0 Å². The molecule has 6 heteroatoms. The Morgan fingerprint density at radius 2 is 1.88 bits per heavy atom. The zero-order valence-electron chi connectivity index (χ0n) is 14.7. The average Bonchev–Trinajstić information content (AvgIpc) is 3.16. The van der Waals surface area contributed by atoms with Crippen molar-refractivity contribution in [2.75, 3.05) is 5.32 Å². The molecule has 0 bridgehead atoms. The molecule has 1 N–H and O–H groups in total. The maximum atomic E-state index is 14.1. The van der Waals surface area contributed by atoms with Gasteiger partial charge < -0.3 is 5.32 Å². The highest BCUT2D eigenvalue weighted by Crippen LogP contribution is 2.36. The number of imidazole rings is 1. The molecule has 5 nitrogen and oxygen atoms in total. The van der Waals surface area contributed by atoms with E-state index in [9.17, 15) is 4.39 Å². The first kappa shape index (κ1) is 15.7. The molecule has 26 heavy (non-hydrogen) atoms. The summed E-state index contributed by atoms with van der Waals surface area (Å²) in [5.41, 5.74) is 2.09. The lowest BCUT2D eigenvalue weighted by molar-refractivity contribution is 0.534. The highest BCUT2D eigenvalue weighted by Gasteiger charge is 2.26. The Hall–Kier alpha value is -2.50. The quantitative estimate of drug-likeness (QED) is 0.719. The summed E-state index contributed by atoms with van der Waals surface area (Å²) in [6.45, 7) is 0. The number of anilines is 2. The number of hydrogen-bond donors (Lipinski definition) is 1. The molecule has 5 rings (SSSR count). The number of aromatic nitrogens is 4. The number of hydrogen-bond acceptors (Lipinski definition) is 4. The van der Waals surface area contributed by atoms with E-state index in [0.717, 1.165) is 42.2 Å². The SMILES string of the molecule is Fc1ccccc1Nc1nc2cnc(CC3CC3)nc2n1C1CCCC1. The van der Waals surface area contributed by atoms with Gasteiger partial charge in [-0.3, -0.25) is 4.57 Å². The van der Waals surface area contributed by atoms with E-state index < -0.39 is 0 Å². The van der Waals surface area contributed by atoms with Crippen LogP contribution < -0.4 is 5.32 Å². The zero-order valence-corrected chi connectivity index (χ0v) is 14.7. The molecule has 2 saturated carbocycles. The van der Waals surface area contributed by atoms with Crippen molar-refractivity contribution in [2.24, 2.45) is 5.92 Å². The molecular weight excluding hydrogens is 329 g/mol.